The minimum Gasteiger partial charge on any atom is -0.0845 e. The number of unbranched alkanes of at least 4 members (excludes halogenated alkanes) is 8. The lowest BCUT2D eigenvalue weighted by molar-refractivity contribution is 0.577. The quantitative estimate of drug-likeness (QED) is 0.312. The number of rotatable bonds is 11. The zero-order chi connectivity index (χ0) is 11.9. The van der Waals surface area contributed by atoms with Gasteiger partial charge in [-0.25, -0.2) is 0 Å². The van der Waals surface area contributed by atoms with Gasteiger partial charge in [0, 0.05) is 0 Å². The molecule has 0 unspecified atom stereocenters. The first-order valence-corrected chi connectivity index (χ1v) is 6.78. The fraction of sp³-hybridized carbons (Fsp3) is 0.625. The average Bonchev–Trinajstić information content (AvgIpc) is 2.31. The summed E-state index contributed by atoms with van der Waals surface area (Å²) < 4.78 is 0. The Morgan fingerprint density at radius 1 is 0.750 bits per heavy atom. The molecule has 0 aliphatic rings. The highest BCUT2D eigenvalue weighted by Crippen LogP contribution is 2.09. The van der Waals surface area contributed by atoms with Crippen molar-refractivity contribution < 1.29 is 0 Å². The van der Waals surface area contributed by atoms with Gasteiger partial charge in [-0.05, 0) is 12.8 Å². The summed E-state index contributed by atoms with van der Waals surface area (Å²) in [7, 11) is 0. The normalized spacial score (nSPS) is 11.6. The van der Waals surface area contributed by atoms with Crippen LogP contribution in [0.1, 0.15) is 64.7 Å². The van der Waals surface area contributed by atoms with Gasteiger partial charge in [0.25, 0.3) is 0 Å². The zero-order valence-corrected chi connectivity index (χ0v) is 10.8. The molecule has 0 aromatic heterocycles. The summed E-state index contributed by atoms with van der Waals surface area (Å²) in [5.74, 6) is 0. The molecule has 0 amide bonds. The molecule has 0 aromatic rings. The van der Waals surface area contributed by atoms with Crippen LogP contribution < -0.4 is 0 Å². The predicted molar refractivity (Wildman–Crippen MR) is 74.4 cm³/mol. The van der Waals surface area contributed by atoms with Gasteiger partial charge in [-0.2, -0.15) is 0 Å². The van der Waals surface area contributed by atoms with E-state index in [-0.39, 0.29) is 0 Å². The molecule has 0 spiro atoms. The maximum atomic E-state index is 5.21. The molecule has 0 heterocycles. The van der Waals surface area contributed by atoms with Crippen LogP contribution in [0.4, 0.5) is 0 Å². The molecule has 91 valence electrons. The van der Waals surface area contributed by atoms with E-state index in [0.717, 1.165) is 0 Å². The third kappa shape index (κ3) is 13.2. The lowest BCUT2D eigenvalue weighted by Crippen LogP contribution is -1.79. The molecule has 0 rings (SSSR count). The summed E-state index contributed by atoms with van der Waals surface area (Å²) in [6.07, 6.45) is 22.0. The molecule has 0 nitrogen and oxygen atoms in total. The first-order valence-electron chi connectivity index (χ1n) is 6.78. The Kier molecular flexibility index (Phi) is 13.5. The van der Waals surface area contributed by atoms with Crippen molar-refractivity contribution in [1.29, 1.82) is 0 Å². The average molecular weight is 219 g/mol. The molecule has 16 heavy (non-hydrogen) atoms. The Hall–Kier alpha value is -0.780. The summed E-state index contributed by atoms with van der Waals surface area (Å²) >= 11 is 0. The number of allylic oxidation sites excluding steroid dienone is 5. The molecule has 0 bridgehead atoms. The van der Waals surface area contributed by atoms with Crippen LogP contribution in [0.15, 0.2) is 30.4 Å². The summed E-state index contributed by atoms with van der Waals surface area (Å²) in [6.45, 7) is 7.48. The van der Waals surface area contributed by atoms with Crippen LogP contribution >= 0.6 is 0 Å². The van der Waals surface area contributed by atoms with Crippen LogP contribution in [0, 0.1) is 6.58 Å². The minimum absolute atomic E-state index is 1.20. The van der Waals surface area contributed by atoms with Crippen molar-refractivity contribution in [1.82, 2.24) is 0 Å². The number of hydrogen-bond donors (Lipinski definition) is 0. The Morgan fingerprint density at radius 2 is 1.38 bits per heavy atom. The van der Waals surface area contributed by atoms with Crippen LogP contribution in [0.2, 0.25) is 0 Å². The van der Waals surface area contributed by atoms with Gasteiger partial charge in [0.2, 0.25) is 0 Å². The molecule has 1 radical (unpaired) electrons. The lowest BCUT2D eigenvalue weighted by Gasteiger charge is -1.99. The molecular weight excluding hydrogens is 192 g/mol. The molecule has 0 saturated carbocycles. The van der Waals surface area contributed by atoms with Gasteiger partial charge in [-0.1, -0.05) is 88.8 Å². The summed E-state index contributed by atoms with van der Waals surface area (Å²) in [6, 6.07) is 0. The molecule has 0 atom stereocenters. The SMILES string of the molecule is [CH]=CC=CC=CCCCCCCCCCC. The van der Waals surface area contributed by atoms with Crippen LogP contribution in [-0.4, -0.2) is 0 Å². The molecule has 0 heteroatoms. The second kappa shape index (κ2) is 14.2. The highest BCUT2D eigenvalue weighted by atomic mass is 14.0. The molecule has 0 aromatic carbocycles. The summed E-state index contributed by atoms with van der Waals surface area (Å²) in [4.78, 5) is 0. The van der Waals surface area contributed by atoms with Crippen molar-refractivity contribution >= 4 is 0 Å². The Labute approximate surface area is 102 Å². The smallest absolute Gasteiger partial charge is 0.0348 e. The van der Waals surface area contributed by atoms with Gasteiger partial charge in [0.05, 0.1) is 0 Å². The van der Waals surface area contributed by atoms with Gasteiger partial charge in [-0.3, -0.25) is 0 Å². The Balaban J connectivity index is 3.06. The van der Waals surface area contributed by atoms with Crippen LogP contribution in [-0.2, 0) is 0 Å². The van der Waals surface area contributed by atoms with E-state index < -0.39 is 0 Å². The molecule has 0 aliphatic carbocycles. The van der Waals surface area contributed by atoms with Gasteiger partial charge < -0.3 is 0 Å². The van der Waals surface area contributed by atoms with E-state index in [1.54, 1.807) is 6.08 Å². The van der Waals surface area contributed by atoms with Crippen molar-refractivity contribution in [3.63, 3.8) is 0 Å². The van der Waals surface area contributed by atoms with E-state index in [1.807, 2.05) is 12.2 Å². The van der Waals surface area contributed by atoms with E-state index in [9.17, 15) is 0 Å². The maximum absolute atomic E-state index is 5.21. The van der Waals surface area contributed by atoms with E-state index in [4.69, 9.17) is 6.58 Å². The molecule has 0 N–H and O–H groups in total. The van der Waals surface area contributed by atoms with Gasteiger partial charge in [0.1, 0.15) is 0 Å². The molecule has 0 fully saturated rings. The highest BCUT2D eigenvalue weighted by Gasteiger charge is 1.89. The van der Waals surface area contributed by atoms with Crippen molar-refractivity contribution in [3.05, 3.63) is 37.0 Å². The molecular formula is C16H27. The fourth-order valence-corrected chi connectivity index (χ4v) is 1.70. The van der Waals surface area contributed by atoms with Crippen molar-refractivity contribution in [2.45, 2.75) is 64.7 Å². The third-order valence-electron chi connectivity index (χ3n) is 2.69. The fourth-order valence-electron chi connectivity index (χ4n) is 1.70. The second-order valence-corrected chi connectivity index (χ2v) is 4.27. The van der Waals surface area contributed by atoms with Crippen molar-refractivity contribution in [2.75, 3.05) is 0 Å². The van der Waals surface area contributed by atoms with Gasteiger partial charge >= 0.3 is 0 Å². The largest absolute Gasteiger partial charge is 0.0845 e. The lowest BCUT2D eigenvalue weighted by atomic mass is 10.1. The standard InChI is InChI=1S/C16H27/c1-3-5-7-9-11-13-15-16-14-12-10-8-6-4-2/h1,3,5,7,9,11H,4,6,8,10,12-16H2,2H3. The Bertz CT molecular complexity index is 186. The topological polar surface area (TPSA) is 0 Å². The van der Waals surface area contributed by atoms with Crippen molar-refractivity contribution in [2.24, 2.45) is 0 Å². The van der Waals surface area contributed by atoms with Crippen LogP contribution in [0.3, 0.4) is 0 Å². The van der Waals surface area contributed by atoms with E-state index in [0.29, 0.717) is 0 Å². The van der Waals surface area contributed by atoms with E-state index in [1.165, 1.54) is 57.8 Å². The first-order chi connectivity index (χ1) is 7.91. The second-order valence-electron chi connectivity index (χ2n) is 4.27. The predicted octanol–water partition coefficient (Wildman–Crippen LogP) is 5.62. The summed E-state index contributed by atoms with van der Waals surface area (Å²) in [5, 5.41) is 0. The Morgan fingerprint density at radius 3 is 2.00 bits per heavy atom. The van der Waals surface area contributed by atoms with Crippen LogP contribution in [0.25, 0.3) is 0 Å². The highest BCUT2D eigenvalue weighted by molar-refractivity contribution is 5.07. The maximum Gasteiger partial charge on any atom is -0.0348 e. The number of hydrogen-bond acceptors (Lipinski definition) is 0. The van der Waals surface area contributed by atoms with Gasteiger partial charge in [0.15, 0.2) is 0 Å². The first kappa shape index (κ1) is 15.2. The summed E-state index contributed by atoms with van der Waals surface area (Å²) in [5.41, 5.74) is 0. The van der Waals surface area contributed by atoms with E-state index >= 15 is 0 Å². The molecule has 0 saturated heterocycles. The zero-order valence-electron chi connectivity index (χ0n) is 10.8. The van der Waals surface area contributed by atoms with Gasteiger partial charge in [-0.15, -0.1) is 0 Å². The molecule has 0 aliphatic heterocycles. The van der Waals surface area contributed by atoms with Crippen molar-refractivity contribution in [3.8, 4) is 0 Å². The third-order valence-corrected chi connectivity index (χ3v) is 2.69. The van der Waals surface area contributed by atoms with E-state index in [2.05, 4.69) is 19.1 Å². The minimum atomic E-state index is 1.20. The monoisotopic (exact) mass is 219 g/mol. The van der Waals surface area contributed by atoms with Crippen LogP contribution in [0.5, 0.6) is 0 Å².